The largest absolute Gasteiger partial charge is 0.294 e. The van der Waals surface area contributed by atoms with Crippen LogP contribution < -0.4 is 0 Å². The molecule has 0 fully saturated rings. The third-order valence-electron chi connectivity index (χ3n) is 8.29. The minimum Gasteiger partial charge on any atom is -0.294 e. The lowest BCUT2D eigenvalue weighted by Crippen LogP contribution is -2.05. The monoisotopic (exact) mass is 586 g/mol. The van der Waals surface area contributed by atoms with Crippen LogP contribution in [0.2, 0.25) is 0 Å². The molecule has 0 unspecified atom stereocenters. The van der Waals surface area contributed by atoms with Gasteiger partial charge in [0.15, 0.2) is 0 Å². The lowest BCUT2D eigenvalue weighted by Gasteiger charge is -2.15. The Morgan fingerprint density at radius 1 is 0.500 bits per heavy atom. The average Bonchev–Trinajstić information content (AvgIpc) is 3.63. The number of pyridine rings is 2. The first-order valence-electron chi connectivity index (χ1n) is 14.3. The van der Waals surface area contributed by atoms with Crippen molar-refractivity contribution in [2.75, 3.05) is 0 Å². The molecular weight excluding hydrogens is 568 g/mol. The van der Waals surface area contributed by atoms with Gasteiger partial charge in [0.2, 0.25) is 0 Å². The highest BCUT2D eigenvalue weighted by atomic mass is 15.2. The van der Waals surface area contributed by atoms with E-state index < -0.39 is 0 Å². The van der Waals surface area contributed by atoms with E-state index in [9.17, 15) is 21.0 Å². The fourth-order valence-electron chi connectivity index (χ4n) is 6.28. The van der Waals surface area contributed by atoms with E-state index in [-0.39, 0.29) is 0 Å². The van der Waals surface area contributed by atoms with Crippen molar-refractivity contribution in [2.24, 2.45) is 0 Å². The molecule has 0 saturated carbocycles. The maximum absolute atomic E-state index is 10.1. The Labute approximate surface area is 262 Å². The van der Waals surface area contributed by atoms with Crippen LogP contribution in [0.1, 0.15) is 22.3 Å². The number of fused-ring (bicyclic) bond motifs is 6. The van der Waals surface area contributed by atoms with Crippen molar-refractivity contribution in [3.63, 3.8) is 0 Å². The quantitative estimate of drug-likeness (QED) is 0.207. The summed E-state index contributed by atoms with van der Waals surface area (Å²) in [4.78, 5) is 9.99. The Bertz CT molecular complexity index is 2630. The second-order valence-electron chi connectivity index (χ2n) is 10.8. The van der Waals surface area contributed by atoms with Gasteiger partial charge in [0, 0.05) is 27.7 Å². The summed E-state index contributed by atoms with van der Waals surface area (Å²) in [6.07, 6.45) is 1.75. The van der Waals surface area contributed by atoms with E-state index in [4.69, 9.17) is 9.97 Å². The van der Waals surface area contributed by atoms with Crippen molar-refractivity contribution in [3.8, 4) is 47.0 Å². The predicted molar refractivity (Wildman–Crippen MR) is 175 cm³/mol. The molecule has 4 aromatic heterocycles. The molecule has 0 bridgehead atoms. The summed E-state index contributed by atoms with van der Waals surface area (Å²) in [6.45, 7) is 0. The minimum absolute atomic E-state index is 0.363. The summed E-state index contributed by atoms with van der Waals surface area (Å²) in [5.41, 5.74) is 6.41. The standard InChI is InChI=1S/C38H18N8/c39-19-23-7-10-28(27(14-23)22-42)26-17-36(44-37(18-26)46-33-6-2-1-4-29(33)30-5-3-13-43-38(30)46)45-34-11-8-24(20-40)15-31(34)32-16-25(21-41)9-12-35(32)45/h1-18H. The molecule has 46 heavy (non-hydrogen) atoms. The van der Waals surface area contributed by atoms with E-state index in [2.05, 4.69) is 30.3 Å². The Hall–Kier alpha value is -7.26. The molecule has 4 aromatic carbocycles. The molecule has 8 rings (SSSR count). The molecular formula is C38H18N8. The van der Waals surface area contributed by atoms with Crippen LogP contribution >= 0.6 is 0 Å². The first-order valence-corrected chi connectivity index (χ1v) is 14.3. The lowest BCUT2D eigenvalue weighted by atomic mass is 9.98. The molecule has 0 atom stereocenters. The number of hydrogen-bond donors (Lipinski definition) is 0. The molecule has 210 valence electrons. The van der Waals surface area contributed by atoms with Gasteiger partial charge in [-0.2, -0.15) is 21.0 Å². The fourth-order valence-corrected chi connectivity index (χ4v) is 6.28. The zero-order chi connectivity index (χ0) is 31.4. The number of hydrogen-bond acceptors (Lipinski definition) is 6. The number of rotatable bonds is 3. The lowest BCUT2D eigenvalue weighted by molar-refractivity contribution is 1.00. The molecule has 8 nitrogen and oxygen atoms in total. The highest BCUT2D eigenvalue weighted by Crippen LogP contribution is 2.37. The van der Waals surface area contributed by atoms with Gasteiger partial charge in [0.1, 0.15) is 17.3 Å². The van der Waals surface area contributed by atoms with E-state index in [0.717, 1.165) is 49.3 Å². The van der Waals surface area contributed by atoms with E-state index in [1.54, 1.807) is 36.5 Å². The number of para-hydroxylation sites is 1. The van der Waals surface area contributed by atoms with Crippen LogP contribution in [-0.4, -0.2) is 19.1 Å². The van der Waals surface area contributed by atoms with E-state index in [1.807, 2.05) is 75.9 Å². The van der Waals surface area contributed by atoms with Crippen LogP contribution in [0, 0.1) is 45.3 Å². The van der Waals surface area contributed by atoms with Gasteiger partial charge in [-0.3, -0.25) is 9.13 Å². The zero-order valence-corrected chi connectivity index (χ0v) is 24.0. The van der Waals surface area contributed by atoms with Gasteiger partial charge in [-0.1, -0.05) is 24.3 Å². The van der Waals surface area contributed by atoms with Gasteiger partial charge in [0.05, 0.1) is 63.1 Å². The summed E-state index contributed by atoms with van der Waals surface area (Å²) in [7, 11) is 0. The van der Waals surface area contributed by atoms with E-state index in [1.165, 1.54) is 0 Å². The van der Waals surface area contributed by atoms with Crippen molar-refractivity contribution < 1.29 is 0 Å². The molecule has 0 radical (unpaired) electrons. The van der Waals surface area contributed by atoms with Gasteiger partial charge < -0.3 is 0 Å². The molecule has 0 N–H and O–H groups in total. The number of benzene rings is 4. The third kappa shape index (κ3) is 3.90. The van der Waals surface area contributed by atoms with Gasteiger partial charge >= 0.3 is 0 Å². The van der Waals surface area contributed by atoms with E-state index >= 15 is 0 Å². The third-order valence-corrected chi connectivity index (χ3v) is 8.29. The molecule has 0 aliphatic carbocycles. The molecule has 8 aromatic rings. The summed E-state index contributed by atoms with van der Waals surface area (Å²) >= 11 is 0. The second kappa shape index (κ2) is 10.2. The first-order chi connectivity index (χ1) is 22.6. The van der Waals surface area contributed by atoms with Gasteiger partial charge in [-0.15, -0.1) is 0 Å². The van der Waals surface area contributed by atoms with Crippen molar-refractivity contribution in [1.82, 2.24) is 19.1 Å². The normalized spacial score (nSPS) is 11.0. The SMILES string of the molecule is N#Cc1ccc(-c2cc(-n3c4ccc(C#N)cc4c4cc(C#N)ccc43)nc(-n3c4ccccc4c4cccnc43)c2)c(C#N)c1. The fraction of sp³-hybridized carbons (Fsp3) is 0. The van der Waals surface area contributed by atoms with Gasteiger partial charge in [-0.05, 0) is 90.0 Å². The highest BCUT2D eigenvalue weighted by Gasteiger charge is 2.20. The van der Waals surface area contributed by atoms with Crippen LogP contribution in [0.3, 0.4) is 0 Å². The topological polar surface area (TPSA) is 131 Å². The zero-order valence-electron chi connectivity index (χ0n) is 24.0. The Kier molecular flexibility index (Phi) is 5.84. The van der Waals surface area contributed by atoms with Gasteiger partial charge in [-0.25, -0.2) is 9.97 Å². The van der Waals surface area contributed by atoms with Crippen molar-refractivity contribution in [1.29, 1.82) is 21.0 Å². The summed E-state index contributed by atoms with van der Waals surface area (Å²) in [6, 6.07) is 40.7. The van der Waals surface area contributed by atoms with Crippen molar-refractivity contribution >= 4 is 43.7 Å². The summed E-state index contributed by atoms with van der Waals surface area (Å²) in [5.74, 6) is 1.15. The summed E-state index contributed by atoms with van der Waals surface area (Å²) in [5, 5.41) is 42.6. The van der Waals surface area contributed by atoms with E-state index in [0.29, 0.717) is 39.5 Å². The smallest absolute Gasteiger partial charge is 0.146 e. The molecule has 0 aliphatic heterocycles. The number of nitrogens with zero attached hydrogens (tertiary/aromatic N) is 8. The molecule has 0 saturated heterocycles. The second-order valence-corrected chi connectivity index (χ2v) is 10.8. The highest BCUT2D eigenvalue weighted by molar-refractivity contribution is 6.10. The van der Waals surface area contributed by atoms with Gasteiger partial charge in [0.25, 0.3) is 0 Å². The van der Waals surface area contributed by atoms with Crippen LogP contribution in [-0.2, 0) is 0 Å². The number of aromatic nitrogens is 4. The predicted octanol–water partition coefficient (Wildman–Crippen LogP) is 7.82. The van der Waals surface area contributed by atoms with Crippen molar-refractivity contribution in [3.05, 3.63) is 132 Å². The molecule has 0 amide bonds. The molecule has 4 heterocycles. The Balaban J connectivity index is 1.52. The summed E-state index contributed by atoms with van der Waals surface area (Å²) < 4.78 is 4.03. The van der Waals surface area contributed by atoms with Crippen molar-refractivity contribution in [2.45, 2.75) is 0 Å². The van der Waals surface area contributed by atoms with Crippen LogP contribution in [0.15, 0.2) is 109 Å². The molecule has 0 aliphatic rings. The minimum atomic E-state index is 0.363. The molecule has 0 spiro atoms. The average molecular weight is 587 g/mol. The number of nitriles is 4. The molecule has 8 heteroatoms. The maximum atomic E-state index is 10.1. The first kappa shape index (κ1) is 26.4. The van der Waals surface area contributed by atoms with Crippen LogP contribution in [0.4, 0.5) is 0 Å². The van der Waals surface area contributed by atoms with Crippen LogP contribution in [0.5, 0.6) is 0 Å². The maximum Gasteiger partial charge on any atom is 0.146 e. The Morgan fingerprint density at radius 3 is 1.76 bits per heavy atom. The Morgan fingerprint density at radius 2 is 1.09 bits per heavy atom. The van der Waals surface area contributed by atoms with Crippen LogP contribution in [0.25, 0.3) is 66.5 Å².